The van der Waals surface area contributed by atoms with Crippen LogP contribution in [-0.2, 0) is 6.54 Å². The fraction of sp³-hybridized carbons (Fsp3) is 0.476. The number of fused-ring (bicyclic) bond motifs is 2. The summed E-state index contributed by atoms with van der Waals surface area (Å²) in [6.07, 6.45) is 5.84. The highest BCUT2D eigenvalue weighted by Crippen LogP contribution is 2.35. The smallest absolute Gasteiger partial charge is 0.319 e. The van der Waals surface area contributed by atoms with E-state index in [1.165, 1.54) is 24.1 Å². The molecule has 2 atom stereocenters. The number of piperidine rings is 2. The van der Waals surface area contributed by atoms with Crippen LogP contribution >= 0.6 is 11.3 Å². The van der Waals surface area contributed by atoms with Crippen molar-refractivity contribution in [3.05, 3.63) is 46.7 Å². The zero-order valence-corrected chi connectivity index (χ0v) is 16.5. The standard InChI is InChI=1S/C21H27N3O2S/c1-26-19-8-2-5-15(13-19)22-21(25)23-16-11-17-6-3-7-18(12-16)24(17)14-20-9-4-10-27-20/h2,4-5,8-10,13,16-18H,3,6-7,11-12,14H2,1H3,(H2,22,23,25). The van der Waals surface area contributed by atoms with E-state index < -0.39 is 0 Å². The van der Waals surface area contributed by atoms with Crippen LogP contribution in [-0.4, -0.2) is 36.2 Å². The molecule has 0 spiro atoms. The van der Waals surface area contributed by atoms with Gasteiger partial charge in [-0.05, 0) is 49.3 Å². The second kappa shape index (κ2) is 8.31. The van der Waals surface area contributed by atoms with Gasteiger partial charge in [0.15, 0.2) is 0 Å². The van der Waals surface area contributed by atoms with Gasteiger partial charge in [0.2, 0.25) is 0 Å². The number of benzene rings is 1. The summed E-state index contributed by atoms with van der Waals surface area (Å²) in [7, 11) is 1.63. The van der Waals surface area contributed by atoms with Crippen molar-refractivity contribution in [2.24, 2.45) is 0 Å². The molecule has 1 aromatic heterocycles. The molecule has 5 nitrogen and oxygen atoms in total. The van der Waals surface area contributed by atoms with Gasteiger partial charge in [-0.3, -0.25) is 4.90 Å². The van der Waals surface area contributed by atoms with E-state index in [2.05, 4.69) is 33.0 Å². The SMILES string of the molecule is COc1cccc(NC(=O)NC2CC3CCCC(C2)N3Cc2cccs2)c1. The quantitative estimate of drug-likeness (QED) is 0.799. The molecule has 0 saturated carbocycles. The first-order valence-corrected chi connectivity index (χ1v) is 10.6. The maximum Gasteiger partial charge on any atom is 0.319 e. The summed E-state index contributed by atoms with van der Waals surface area (Å²) in [5.41, 5.74) is 0.752. The lowest BCUT2D eigenvalue weighted by atomic mass is 9.81. The van der Waals surface area contributed by atoms with Crippen molar-refractivity contribution in [2.45, 2.75) is 56.8 Å². The summed E-state index contributed by atoms with van der Waals surface area (Å²) >= 11 is 1.84. The number of thiophene rings is 1. The molecule has 4 rings (SSSR count). The third kappa shape index (κ3) is 4.45. The molecule has 2 N–H and O–H groups in total. The molecule has 2 aliphatic rings. The van der Waals surface area contributed by atoms with Gasteiger partial charge in [0.1, 0.15) is 5.75 Å². The minimum atomic E-state index is -0.127. The van der Waals surface area contributed by atoms with Crippen LogP contribution in [0.5, 0.6) is 5.75 Å². The number of anilines is 1. The summed E-state index contributed by atoms with van der Waals surface area (Å²) in [4.78, 5) is 16.6. The summed E-state index contributed by atoms with van der Waals surface area (Å²) in [5.74, 6) is 0.740. The molecule has 2 aromatic rings. The molecule has 2 saturated heterocycles. The number of urea groups is 1. The van der Waals surface area contributed by atoms with E-state index >= 15 is 0 Å². The Hall–Kier alpha value is -2.05. The number of ether oxygens (including phenoxy) is 1. The molecular formula is C21H27N3O2S. The normalized spacial score (nSPS) is 25.0. The predicted molar refractivity (Wildman–Crippen MR) is 109 cm³/mol. The van der Waals surface area contributed by atoms with Crippen LogP contribution in [0.3, 0.4) is 0 Å². The summed E-state index contributed by atoms with van der Waals surface area (Å²) in [5, 5.41) is 8.29. The molecule has 0 radical (unpaired) electrons. The minimum absolute atomic E-state index is 0.127. The maximum absolute atomic E-state index is 12.5. The van der Waals surface area contributed by atoms with Crippen LogP contribution in [0, 0.1) is 0 Å². The topological polar surface area (TPSA) is 53.6 Å². The largest absolute Gasteiger partial charge is 0.497 e. The molecule has 0 aliphatic carbocycles. The Balaban J connectivity index is 1.34. The van der Waals surface area contributed by atoms with E-state index in [1.54, 1.807) is 7.11 Å². The van der Waals surface area contributed by atoms with Gasteiger partial charge in [0.25, 0.3) is 0 Å². The lowest BCUT2D eigenvalue weighted by molar-refractivity contribution is 0.0208. The van der Waals surface area contributed by atoms with Crippen molar-refractivity contribution in [1.29, 1.82) is 0 Å². The van der Waals surface area contributed by atoms with Crippen molar-refractivity contribution in [1.82, 2.24) is 10.2 Å². The van der Waals surface area contributed by atoms with E-state index in [9.17, 15) is 4.79 Å². The molecule has 2 fully saturated rings. The van der Waals surface area contributed by atoms with Gasteiger partial charge in [0.05, 0.1) is 7.11 Å². The van der Waals surface area contributed by atoms with E-state index in [0.717, 1.165) is 30.8 Å². The fourth-order valence-corrected chi connectivity index (χ4v) is 5.20. The molecule has 2 unspecified atom stereocenters. The number of nitrogens with one attached hydrogen (secondary N) is 2. The monoisotopic (exact) mass is 385 g/mol. The van der Waals surface area contributed by atoms with Crippen molar-refractivity contribution in [3.63, 3.8) is 0 Å². The summed E-state index contributed by atoms with van der Waals surface area (Å²) in [6.45, 7) is 1.05. The van der Waals surface area contributed by atoms with Crippen molar-refractivity contribution >= 4 is 23.1 Å². The second-order valence-electron chi connectivity index (χ2n) is 7.49. The first-order chi connectivity index (χ1) is 13.2. The fourth-order valence-electron chi connectivity index (χ4n) is 4.49. The van der Waals surface area contributed by atoms with Crippen molar-refractivity contribution in [3.8, 4) is 5.75 Å². The molecular weight excluding hydrogens is 358 g/mol. The molecule has 2 aliphatic heterocycles. The summed E-state index contributed by atoms with van der Waals surface area (Å²) in [6, 6.07) is 13.1. The van der Waals surface area contributed by atoms with Crippen LogP contribution in [0.2, 0.25) is 0 Å². The Morgan fingerprint density at radius 2 is 2.04 bits per heavy atom. The maximum atomic E-state index is 12.5. The Morgan fingerprint density at radius 1 is 1.22 bits per heavy atom. The van der Waals surface area contributed by atoms with Gasteiger partial charge < -0.3 is 15.4 Å². The van der Waals surface area contributed by atoms with E-state index in [0.29, 0.717) is 12.1 Å². The van der Waals surface area contributed by atoms with Gasteiger partial charge >= 0.3 is 6.03 Å². The third-order valence-corrected chi connectivity index (χ3v) is 6.57. The van der Waals surface area contributed by atoms with Crippen LogP contribution in [0.4, 0.5) is 10.5 Å². The van der Waals surface area contributed by atoms with E-state index in [4.69, 9.17) is 4.74 Å². The average molecular weight is 386 g/mol. The Morgan fingerprint density at radius 3 is 2.74 bits per heavy atom. The average Bonchev–Trinajstić information content (AvgIpc) is 3.15. The van der Waals surface area contributed by atoms with Gasteiger partial charge in [0, 0.05) is 41.3 Å². The molecule has 3 heterocycles. The number of nitrogens with zero attached hydrogens (tertiary/aromatic N) is 1. The number of hydrogen-bond acceptors (Lipinski definition) is 4. The Labute approximate surface area is 164 Å². The highest BCUT2D eigenvalue weighted by molar-refractivity contribution is 7.09. The predicted octanol–water partition coefficient (Wildman–Crippen LogP) is 4.46. The number of hydrogen-bond donors (Lipinski definition) is 2. The van der Waals surface area contributed by atoms with Gasteiger partial charge in [-0.25, -0.2) is 4.79 Å². The number of rotatable bonds is 5. The summed E-state index contributed by atoms with van der Waals surface area (Å²) < 4.78 is 5.22. The van der Waals surface area contributed by atoms with Gasteiger partial charge in [-0.2, -0.15) is 0 Å². The van der Waals surface area contributed by atoms with Crippen LogP contribution in [0.15, 0.2) is 41.8 Å². The van der Waals surface area contributed by atoms with Crippen molar-refractivity contribution < 1.29 is 9.53 Å². The Bertz CT molecular complexity index is 751. The number of carbonyl (C=O) groups is 1. The molecule has 2 amide bonds. The number of methoxy groups -OCH3 is 1. The molecule has 6 heteroatoms. The zero-order valence-electron chi connectivity index (χ0n) is 15.7. The first kappa shape index (κ1) is 18.3. The van der Waals surface area contributed by atoms with Crippen molar-refractivity contribution in [2.75, 3.05) is 12.4 Å². The molecule has 1 aromatic carbocycles. The lowest BCUT2D eigenvalue weighted by Crippen LogP contribution is -2.56. The van der Waals surface area contributed by atoms with Gasteiger partial charge in [-0.15, -0.1) is 11.3 Å². The first-order valence-electron chi connectivity index (χ1n) is 9.71. The Kier molecular flexibility index (Phi) is 5.64. The van der Waals surface area contributed by atoms with Crippen LogP contribution < -0.4 is 15.4 Å². The number of carbonyl (C=O) groups excluding carboxylic acids is 1. The molecule has 144 valence electrons. The number of amides is 2. The minimum Gasteiger partial charge on any atom is -0.497 e. The van der Waals surface area contributed by atoms with E-state index in [-0.39, 0.29) is 12.1 Å². The molecule has 27 heavy (non-hydrogen) atoms. The highest BCUT2D eigenvalue weighted by atomic mass is 32.1. The lowest BCUT2D eigenvalue weighted by Gasteiger charge is -2.48. The zero-order chi connectivity index (χ0) is 18.6. The van der Waals surface area contributed by atoms with Crippen LogP contribution in [0.25, 0.3) is 0 Å². The van der Waals surface area contributed by atoms with Crippen LogP contribution in [0.1, 0.15) is 37.0 Å². The molecule has 2 bridgehead atoms. The second-order valence-corrected chi connectivity index (χ2v) is 8.52. The van der Waals surface area contributed by atoms with Gasteiger partial charge in [-0.1, -0.05) is 18.6 Å². The highest BCUT2D eigenvalue weighted by Gasteiger charge is 2.38. The third-order valence-electron chi connectivity index (χ3n) is 5.71. The van der Waals surface area contributed by atoms with E-state index in [1.807, 2.05) is 35.6 Å².